The first-order chi connectivity index (χ1) is 11.9. The van der Waals surface area contributed by atoms with E-state index in [4.69, 9.17) is 4.74 Å². The largest absolute Gasteiger partial charge is 0.466 e. The smallest absolute Gasteiger partial charge is 0.349 e. The maximum atomic E-state index is 11.8. The molecule has 25 heavy (non-hydrogen) atoms. The minimum absolute atomic E-state index is 0.321. The third kappa shape index (κ3) is 13.9. The van der Waals surface area contributed by atoms with Crippen LogP contribution in [0, 0.1) is 0 Å². The van der Waals surface area contributed by atoms with E-state index in [2.05, 4.69) is 11.7 Å². The highest BCUT2D eigenvalue weighted by Gasteiger charge is 2.32. The van der Waals surface area contributed by atoms with Crippen molar-refractivity contribution in [2.24, 2.45) is 0 Å². The third-order valence-corrected chi connectivity index (χ3v) is 4.53. The molecular weight excluding hydrogens is 316 g/mol. The van der Waals surface area contributed by atoms with E-state index < -0.39 is 11.6 Å². The van der Waals surface area contributed by atoms with Crippen molar-refractivity contribution >= 4 is 11.9 Å². The van der Waals surface area contributed by atoms with Gasteiger partial charge in [0.15, 0.2) is 0 Å². The van der Waals surface area contributed by atoms with Gasteiger partial charge in [-0.25, -0.2) is 4.79 Å². The highest BCUT2D eigenvalue weighted by Crippen LogP contribution is 2.15. The second-order valence-corrected chi connectivity index (χ2v) is 7.47. The van der Waals surface area contributed by atoms with E-state index in [1.165, 1.54) is 77.7 Å². The Bertz CT molecular complexity index is 350. The molecule has 0 rings (SSSR count). The lowest BCUT2D eigenvalue weighted by molar-refractivity contribution is -0.176. The maximum Gasteiger partial charge on any atom is 0.349 e. The van der Waals surface area contributed by atoms with Crippen LogP contribution in [0.1, 0.15) is 111 Å². The van der Waals surface area contributed by atoms with Gasteiger partial charge in [0.2, 0.25) is 5.60 Å². The first kappa shape index (κ1) is 23.9. The molecule has 0 spiro atoms. The minimum atomic E-state index is -1.19. The molecule has 0 unspecified atom stereocenters. The molecule has 0 saturated carbocycles. The van der Waals surface area contributed by atoms with E-state index in [1.807, 2.05) is 0 Å². The van der Waals surface area contributed by atoms with Gasteiger partial charge in [-0.2, -0.15) is 0 Å². The number of hydrogen-bond donors (Lipinski definition) is 0. The lowest BCUT2D eigenvalue weighted by Gasteiger charge is -2.21. The Hall–Kier alpha value is -1.06. The summed E-state index contributed by atoms with van der Waals surface area (Å²) in [5, 5.41) is 0. The Balaban J connectivity index is 3.41. The fraction of sp³-hybridized carbons (Fsp3) is 0.905. The molecule has 0 aromatic rings. The van der Waals surface area contributed by atoms with E-state index in [1.54, 1.807) is 13.8 Å². The lowest BCUT2D eigenvalue weighted by Crippen LogP contribution is -2.38. The molecule has 0 aliphatic heterocycles. The Labute approximate surface area is 155 Å². The second-order valence-electron chi connectivity index (χ2n) is 7.47. The molecule has 0 heterocycles. The quantitative estimate of drug-likeness (QED) is 0.253. The molecule has 0 aromatic heterocycles. The van der Waals surface area contributed by atoms with E-state index in [0.717, 1.165) is 12.8 Å². The van der Waals surface area contributed by atoms with Crippen LogP contribution >= 0.6 is 0 Å². The van der Waals surface area contributed by atoms with Crippen molar-refractivity contribution < 1.29 is 19.1 Å². The van der Waals surface area contributed by atoms with Crippen LogP contribution in [-0.2, 0) is 19.1 Å². The van der Waals surface area contributed by atoms with Crippen LogP contribution in [0.3, 0.4) is 0 Å². The lowest BCUT2D eigenvalue weighted by atomic mass is 10.0. The van der Waals surface area contributed by atoms with Gasteiger partial charge in [0.25, 0.3) is 0 Å². The van der Waals surface area contributed by atoms with Crippen LogP contribution in [0.15, 0.2) is 0 Å². The summed E-state index contributed by atoms with van der Waals surface area (Å²) < 4.78 is 9.81. The van der Waals surface area contributed by atoms with Crippen LogP contribution in [0.25, 0.3) is 0 Å². The van der Waals surface area contributed by atoms with Crippen LogP contribution < -0.4 is 0 Å². The molecule has 0 N–H and O–H groups in total. The molecule has 0 aliphatic carbocycles. The van der Waals surface area contributed by atoms with Crippen molar-refractivity contribution in [2.75, 3.05) is 7.11 Å². The molecule has 0 fully saturated rings. The summed E-state index contributed by atoms with van der Waals surface area (Å²) in [6.45, 7) is 5.37. The van der Waals surface area contributed by atoms with E-state index >= 15 is 0 Å². The first-order valence-electron chi connectivity index (χ1n) is 10.2. The van der Waals surface area contributed by atoms with Gasteiger partial charge in [-0.05, 0) is 20.3 Å². The minimum Gasteiger partial charge on any atom is -0.466 e. The van der Waals surface area contributed by atoms with Crippen molar-refractivity contribution in [1.82, 2.24) is 0 Å². The summed E-state index contributed by atoms with van der Waals surface area (Å²) in [4.78, 5) is 23.2. The fourth-order valence-electron chi connectivity index (χ4n) is 2.91. The standard InChI is InChI=1S/C21H40O4/c1-5-6-7-8-9-10-11-12-13-14-15-16-17-18-19(22)25-21(2,3)20(23)24-4/h5-18H2,1-4H3. The Kier molecular flexibility index (Phi) is 14.6. The van der Waals surface area contributed by atoms with Crippen LogP contribution in [0.4, 0.5) is 0 Å². The van der Waals surface area contributed by atoms with Crippen molar-refractivity contribution in [1.29, 1.82) is 0 Å². The molecule has 0 radical (unpaired) electrons. The zero-order valence-electron chi connectivity index (χ0n) is 17.0. The highest BCUT2D eigenvalue weighted by molar-refractivity contribution is 5.82. The van der Waals surface area contributed by atoms with E-state index in [9.17, 15) is 9.59 Å². The zero-order chi connectivity index (χ0) is 19.0. The predicted molar refractivity (Wildman–Crippen MR) is 102 cm³/mol. The number of carbonyl (C=O) groups excluding carboxylic acids is 2. The average Bonchev–Trinajstić information content (AvgIpc) is 2.57. The van der Waals surface area contributed by atoms with Crippen molar-refractivity contribution in [2.45, 2.75) is 116 Å². The van der Waals surface area contributed by atoms with E-state index in [-0.39, 0.29) is 5.97 Å². The average molecular weight is 357 g/mol. The molecule has 148 valence electrons. The molecule has 0 amide bonds. The molecular formula is C21H40O4. The fourth-order valence-corrected chi connectivity index (χ4v) is 2.91. The number of esters is 2. The molecule has 0 atom stereocenters. The first-order valence-corrected chi connectivity index (χ1v) is 10.2. The summed E-state index contributed by atoms with van der Waals surface area (Å²) in [7, 11) is 1.30. The van der Waals surface area contributed by atoms with Crippen molar-refractivity contribution in [3.63, 3.8) is 0 Å². The van der Waals surface area contributed by atoms with Gasteiger partial charge >= 0.3 is 11.9 Å². The Morgan fingerprint density at radius 2 is 1.12 bits per heavy atom. The predicted octanol–water partition coefficient (Wildman–Crippen LogP) is 5.96. The van der Waals surface area contributed by atoms with Crippen molar-refractivity contribution in [3.05, 3.63) is 0 Å². The SMILES string of the molecule is CCCCCCCCCCCCCCCC(=O)OC(C)(C)C(=O)OC. The summed E-state index contributed by atoms with van der Waals surface area (Å²) in [6, 6.07) is 0. The Morgan fingerprint density at radius 3 is 1.52 bits per heavy atom. The monoisotopic (exact) mass is 356 g/mol. The van der Waals surface area contributed by atoms with Gasteiger partial charge in [-0.1, -0.05) is 84.0 Å². The second kappa shape index (κ2) is 15.2. The molecule has 0 bridgehead atoms. The Morgan fingerprint density at radius 1 is 0.720 bits per heavy atom. The molecule has 0 aromatic carbocycles. The highest BCUT2D eigenvalue weighted by atomic mass is 16.6. The number of carbonyl (C=O) groups is 2. The zero-order valence-corrected chi connectivity index (χ0v) is 17.0. The van der Waals surface area contributed by atoms with Gasteiger partial charge in [-0.15, -0.1) is 0 Å². The van der Waals surface area contributed by atoms with Crippen LogP contribution in [-0.4, -0.2) is 24.6 Å². The number of hydrogen-bond acceptors (Lipinski definition) is 4. The van der Waals surface area contributed by atoms with Gasteiger partial charge in [0.1, 0.15) is 0 Å². The summed E-state index contributed by atoms with van der Waals surface area (Å²) >= 11 is 0. The van der Waals surface area contributed by atoms with Gasteiger partial charge in [0, 0.05) is 6.42 Å². The van der Waals surface area contributed by atoms with Gasteiger partial charge < -0.3 is 9.47 Å². The van der Waals surface area contributed by atoms with Crippen LogP contribution in [0.5, 0.6) is 0 Å². The molecule has 4 nitrogen and oxygen atoms in total. The third-order valence-electron chi connectivity index (χ3n) is 4.53. The molecule has 0 aliphatic rings. The molecule has 0 saturated heterocycles. The summed E-state index contributed by atoms with van der Waals surface area (Å²) in [5.74, 6) is -0.843. The van der Waals surface area contributed by atoms with Crippen molar-refractivity contribution in [3.8, 4) is 0 Å². The van der Waals surface area contributed by atoms with E-state index in [0.29, 0.717) is 6.42 Å². The van der Waals surface area contributed by atoms with Gasteiger partial charge in [-0.3, -0.25) is 4.79 Å². The van der Waals surface area contributed by atoms with Gasteiger partial charge in [0.05, 0.1) is 7.11 Å². The number of rotatable bonds is 16. The maximum absolute atomic E-state index is 11.8. The number of methoxy groups -OCH3 is 1. The number of ether oxygens (including phenoxy) is 2. The topological polar surface area (TPSA) is 52.6 Å². The molecule has 4 heteroatoms. The number of unbranched alkanes of at least 4 members (excludes halogenated alkanes) is 12. The van der Waals surface area contributed by atoms with Crippen LogP contribution in [0.2, 0.25) is 0 Å². The normalized spacial score (nSPS) is 11.4. The summed E-state index contributed by atoms with van der Waals surface area (Å²) in [6.07, 6.45) is 16.9. The summed E-state index contributed by atoms with van der Waals surface area (Å²) in [5.41, 5.74) is -1.19.